The van der Waals surface area contributed by atoms with Gasteiger partial charge in [0.15, 0.2) is 5.78 Å². The summed E-state index contributed by atoms with van der Waals surface area (Å²) in [7, 11) is 3.89. The van der Waals surface area contributed by atoms with E-state index in [0.29, 0.717) is 17.4 Å². The summed E-state index contributed by atoms with van der Waals surface area (Å²) < 4.78 is 13.3. The van der Waals surface area contributed by atoms with Gasteiger partial charge in [0.05, 0.1) is 27.1 Å². The zero-order chi connectivity index (χ0) is 7.78. The molecule has 0 amide bonds. The zero-order valence-corrected chi connectivity index (χ0v) is 6.43. The van der Waals surface area contributed by atoms with Crippen molar-refractivity contribution in [3.8, 4) is 0 Å². The monoisotopic (exact) mass is 146 g/mol. The second-order valence-electron chi connectivity index (χ2n) is 3.53. The van der Waals surface area contributed by atoms with Gasteiger partial charge in [0.25, 0.3) is 0 Å². The summed E-state index contributed by atoms with van der Waals surface area (Å²) in [5.41, 5.74) is 0. The molecule has 2 nitrogen and oxygen atoms in total. The molecular weight excluding hydrogens is 133 g/mol. The van der Waals surface area contributed by atoms with E-state index in [1.165, 1.54) is 0 Å². The maximum atomic E-state index is 12.7. The number of hydrogen-bond donors (Lipinski definition) is 0. The molecule has 0 unspecified atom stereocenters. The van der Waals surface area contributed by atoms with Gasteiger partial charge in [-0.25, -0.2) is 4.39 Å². The van der Waals surface area contributed by atoms with Gasteiger partial charge in [0.2, 0.25) is 6.17 Å². The van der Waals surface area contributed by atoms with Crippen LogP contribution in [0, 0.1) is 0 Å². The predicted molar refractivity (Wildman–Crippen MR) is 36.4 cm³/mol. The standard InChI is InChI=1S/C7H13FNO/c1-9(2)4-3-7(10)6(8)5-9/h6H,3-5H2,1-2H3/q+1/t6-/m0/s1. The van der Waals surface area contributed by atoms with Gasteiger partial charge in [-0.3, -0.25) is 4.79 Å². The van der Waals surface area contributed by atoms with Crippen LogP contribution in [0.3, 0.4) is 0 Å². The molecule has 0 radical (unpaired) electrons. The SMILES string of the molecule is C[N+]1(C)CCC(=O)[C@@H](F)C1. The number of halogens is 1. The van der Waals surface area contributed by atoms with Crippen LogP contribution in [-0.4, -0.2) is 43.6 Å². The Labute approximate surface area is 60.2 Å². The molecule has 1 aliphatic heterocycles. The Kier molecular flexibility index (Phi) is 1.77. The quantitative estimate of drug-likeness (QED) is 0.451. The van der Waals surface area contributed by atoms with Crippen molar-refractivity contribution < 1.29 is 13.7 Å². The van der Waals surface area contributed by atoms with Gasteiger partial charge >= 0.3 is 0 Å². The number of quaternary nitrogens is 1. The molecule has 1 atom stereocenters. The maximum Gasteiger partial charge on any atom is 0.207 e. The molecule has 1 aliphatic rings. The summed E-state index contributed by atoms with van der Waals surface area (Å²) in [6.45, 7) is 1.12. The minimum absolute atomic E-state index is 0.225. The molecule has 1 heterocycles. The Morgan fingerprint density at radius 1 is 1.60 bits per heavy atom. The fourth-order valence-electron chi connectivity index (χ4n) is 1.20. The number of rotatable bonds is 0. The normalized spacial score (nSPS) is 32.3. The Balaban J connectivity index is 2.57. The predicted octanol–water partition coefficient (Wildman–Crippen LogP) is 0.374. The summed E-state index contributed by atoms with van der Waals surface area (Å²) in [4.78, 5) is 10.7. The first-order chi connectivity index (χ1) is 4.51. The molecule has 1 fully saturated rings. The molecule has 1 saturated heterocycles. The zero-order valence-electron chi connectivity index (χ0n) is 6.43. The van der Waals surface area contributed by atoms with Crippen LogP contribution in [0.1, 0.15) is 6.42 Å². The number of carbonyl (C=O) groups is 1. The van der Waals surface area contributed by atoms with Crippen molar-refractivity contribution >= 4 is 5.78 Å². The lowest BCUT2D eigenvalue weighted by atomic mass is 10.1. The topological polar surface area (TPSA) is 17.1 Å². The lowest BCUT2D eigenvalue weighted by Gasteiger charge is -2.34. The third-order valence-electron chi connectivity index (χ3n) is 1.97. The van der Waals surface area contributed by atoms with Crippen LogP contribution in [0.15, 0.2) is 0 Å². The molecule has 1 rings (SSSR count). The highest BCUT2D eigenvalue weighted by Gasteiger charge is 2.33. The van der Waals surface area contributed by atoms with Crippen LogP contribution >= 0.6 is 0 Å². The van der Waals surface area contributed by atoms with Crippen molar-refractivity contribution in [3.63, 3.8) is 0 Å². The molecule has 0 spiro atoms. The van der Waals surface area contributed by atoms with Crippen LogP contribution in [-0.2, 0) is 4.79 Å². The third-order valence-corrected chi connectivity index (χ3v) is 1.97. The second-order valence-corrected chi connectivity index (χ2v) is 3.53. The summed E-state index contributed by atoms with van der Waals surface area (Å²) >= 11 is 0. The van der Waals surface area contributed by atoms with Crippen molar-refractivity contribution in [2.75, 3.05) is 27.2 Å². The van der Waals surface area contributed by atoms with Crippen LogP contribution in [0.2, 0.25) is 0 Å². The third kappa shape index (κ3) is 1.53. The van der Waals surface area contributed by atoms with E-state index in [0.717, 1.165) is 6.54 Å². The van der Waals surface area contributed by atoms with Crippen molar-refractivity contribution in [1.82, 2.24) is 0 Å². The first kappa shape index (κ1) is 7.66. The van der Waals surface area contributed by atoms with Gasteiger partial charge in [-0.15, -0.1) is 0 Å². The van der Waals surface area contributed by atoms with Gasteiger partial charge in [-0.2, -0.15) is 0 Å². The average Bonchev–Trinajstić information content (AvgIpc) is 1.79. The van der Waals surface area contributed by atoms with Gasteiger partial charge in [-0.05, 0) is 0 Å². The van der Waals surface area contributed by atoms with Crippen molar-refractivity contribution in [1.29, 1.82) is 0 Å². The molecule has 0 N–H and O–H groups in total. The smallest absolute Gasteiger partial charge is 0.207 e. The van der Waals surface area contributed by atoms with E-state index in [9.17, 15) is 9.18 Å². The number of piperidine rings is 1. The van der Waals surface area contributed by atoms with Crippen LogP contribution in [0.25, 0.3) is 0 Å². The highest BCUT2D eigenvalue weighted by atomic mass is 19.1. The van der Waals surface area contributed by atoms with E-state index < -0.39 is 6.17 Å². The van der Waals surface area contributed by atoms with Crippen molar-refractivity contribution in [2.45, 2.75) is 12.6 Å². The summed E-state index contributed by atoms with van der Waals surface area (Å²) in [6, 6.07) is 0. The lowest BCUT2D eigenvalue weighted by Crippen LogP contribution is -2.52. The molecule has 0 aromatic carbocycles. The van der Waals surface area contributed by atoms with E-state index in [2.05, 4.69) is 0 Å². The number of Topliss-reactive ketones (excluding diaryl/α,β-unsaturated/α-hetero) is 1. The molecule has 0 aromatic rings. The molecular formula is C7H13FNO+. The highest BCUT2D eigenvalue weighted by molar-refractivity contribution is 5.83. The fraction of sp³-hybridized carbons (Fsp3) is 0.857. The lowest BCUT2D eigenvalue weighted by molar-refractivity contribution is -0.893. The van der Waals surface area contributed by atoms with E-state index in [4.69, 9.17) is 0 Å². The largest absolute Gasteiger partial charge is 0.325 e. The minimum Gasteiger partial charge on any atom is -0.325 e. The molecule has 0 aromatic heterocycles. The summed E-state index contributed by atoms with van der Waals surface area (Å²) in [5.74, 6) is -0.225. The van der Waals surface area contributed by atoms with Crippen LogP contribution < -0.4 is 0 Å². The molecule has 0 saturated carbocycles. The first-order valence-electron chi connectivity index (χ1n) is 3.50. The van der Waals surface area contributed by atoms with E-state index >= 15 is 0 Å². The second kappa shape index (κ2) is 2.31. The van der Waals surface area contributed by atoms with Gasteiger partial charge in [-0.1, -0.05) is 0 Å². The average molecular weight is 146 g/mol. The first-order valence-corrected chi connectivity index (χ1v) is 3.50. The van der Waals surface area contributed by atoms with Crippen LogP contribution in [0.4, 0.5) is 4.39 Å². The number of nitrogens with zero attached hydrogens (tertiary/aromatic N) is 1. The number of likely N-dealkylation sites (tertiary alicyclic amines) is 1. The molecule has 0 aliphatic carbocycles. The number of ketones is 1. The maximum absolute atomic E-state index is 12.7. The molecule has 58 valence electrons. The Morgan fingerprint density at radius 3 is 2.60 bits per heavy atom. The summed E-state index contributed by atoms with van der Waals surface area (Å²) in [5, 5.41) is 0. The van der Waals surface area contributed by atoms with Gasteiger partial charge in [0.1, 0.15) is 6.54 Å². The number of hydrogen-bond acceptors (Lipinski definition) is 1. The Bertz CT molecular complexity index is 156. The fourth-order valence-corrected chi connectivity index (χ4v) is 1.20. The Morgan fingerprint density at radius 2 is 2.20 bits per heavy atom. The van der Waals surface area contributed by atoms with Crippen molar-refractivity contribution in [2.24, 2.45) is 0 Å². The van der Waals surface area contributed by atoms with E-state index in [1.807, 2.05) is 14.1 Å². The number of carbonyl (C=O) groups excluding carboxylic acids is 1. The Hall–Kier alpha value is -0.440. The molecule has 10 heavy (non-hydrogen) atoms. The number of alkyl halides is 1. The van der Waals surface area contributed by atoms with Gasteiger partial charge in [0, 0.05) is 0 Å². The molecule has 0 bridgehead atoms. The minimum atomic E-state index is -1.22. The van der Waals surface area contributed by atoms with Gasteiger partial charge < -0.3 is 4.48 Å². The molecule has 3 heteroatoms. The highest BCUT2D eigenvalue weighted by Crippen LogP contribution is 2.13. The van der Waals surface area contributed by atoms with Crippen LogP contribution in [0.5, 0.6) is 0 Å². The van der Waals surface area contributed by atoms with Crippen molar-refractivity contribution in [3.05, 3.63) is 0 Å². The van der Waals surface area contributed by atoms with E-state index in [1.54, 1.807) is 0 Å². The van der Waals surface area contributed by atoms with E-state index in [-0.39, 0.29) is 5.78 Å². The summed E-state index contributed by atoms with van der Waals surface area (Å²) in [6.07, 6.45) is -0.822.